The topological polar surface area (TPSA) is 55.9 Å². The zero-order valence-corrected chi connectivity index (χ0v) is 18.0. The SMILES string of the molecule is O=C(Nc1cc(F)c(F)c(F)c1)N1CCC(N2C[C@H]3C[C@H](C2)[C@H]2CCCC(=O)N2C3)CC1. The summed E-state index contributed by atoms with van der Waals surface area (Å²) >= 11 is 0. The molecular formula is C23H29F3N4O2. The Morgan fingerprint density at radius 2 is 1.72 bits per heavy atom. The number of nitrogens with one attached hydrogen (secondary N) is 1. The minimum Gasteiger partial charge on any atom is -0.339 e. The number of benzene rings is 1. The van der Waals surface area contributed by atoms with E-state index >= 15 is 0 Å². The zero-order chi connectivity index (χ0) is 22.4. The lowest BCUT2D eigenvalue weighted by molar-refractivity contribution is -0.145. The number of hydrogen-bond acceptors (Lipinski definition) is 3. The van der Waals surface area contributed by atoms with Crippen molar-refractivity contribution in [2.75, 3.05) is 38.0 Å². The molecule has 0 aliphatic carbocycles. The number of piperidine rings is 4. The molecule has 4 fully saturated rings. The van der Waals surface area contributed by atoms with Crippen LogP contribution < -0.4 is 5.32 Å². The first kappa shape index (κ1) is 21.6. The summed E-state index contributed by atoms with van der Waals surface area (Å²) in [6.45, 7) is 4.00. The number of fused-ring (bicyclic) bond motifs is 4. The van der Waals surface area contributed by atoms with Crippen LogP contribution in [0, 0.1) is 29.3 Å². The maximum Gasteiger partial charge on any atom is 0.321 e. The van der Waals surface area contributed by atoms with E-state index in [4.69, 9.17) is 0 Å². The third-order valence-electron chi connectivity index (χ3n) is 7.71. The number of carbonyl (C=O) groups is 2. The van der Waals surface area contributed by atoms with Crippen LogP contribution in [-0.2, 0) is 4.79 Å². The summed E-state index contributed by atoms with van der Waals surface area (Å²) < 4.78 is 39.9. The molecule has 0 radical (unpaired) electrons. The average molecular weight is 451 g/mol. The summed E-state index contributed by atoms with van der Waals surface area (Å²) in [5.41, 5.74) is -0.0936. The Labute approximate surface area is 185 Å². The number of urea groups is 1. The first-order valence-corrected chi connectivity index (χ1v) is 11.6. The van der Waals surface area contributed by atoms with E-state index in [-0.39, 0.29) is 5.69 Å². The van der Waals surface area contributed by atoms with Crippen molar-refractivity contribution >= 4 is 17.6 Å². The molecular weight excluding hydrogens is 421 g/mol. The highest BCUT2D eigenvalue weighted by Gasteiger charge is 2.45. The monoisotopic (exact) mass is 450 g/mol. The van der Waals surface area contributed by atoms with Crippen molar-refractivity contribution in [1.29, 1.82) is 0 Å². The third-order valence-corrected chi connectivity index (χ3v) is 7.71. The van der Waals surface area contributed by atoms with E-state index in [1.807, 2.05) is 0 Å². The van der Waals surface area contributed by atoms with E-state index in [9.17, 15) is 22.8 Å². The number of likely N-dealkylation sites (tertiary alicyclic amines) is 2. The molecule has 32 heavy (non-hydrogen) atoms. The number of rotatable bonds is 2. The van der Waals surface area contributed by atoms with Gasteiger partial charge in [-0.3, -0.25) is 9.69 Å². The van der Waals surface area contributed by atoms with E-state index < -0.39 is 23.5 Å². The molecule has 0 saturated carbocycles. The quantitative estimate of drug-likeness (QED) is 0.703. The molecule has 174 valence electrons. The van der Waals surface area contributed by atoms with Gasteiger partial charge in [0, 0.05) is 69.0 Å². The Balaban J connectivity index is 1.16. The lowest BCUT2D eigenvalue weighted by atomic mass is 9.75. The van der Waals surface area contributed by atoms with Gasteiger partial charge in [-0.25, -0.2) is 18.0 Å². The zero-order valence-electron chi connectivity index (χ0n) is 18.0. The predicted molar refractivity (Wildman–Crippen MR) is 112 cm³/mol. The van der Waals surface area contributed by atoms with Crippen molar-refractivity contribution in [3.63, 3.8) is 0 Å². The second kappa shape index (κ2) is 8.57. The number of hydrogen-bond donors (Lipinski definition) is 1. The van der Waals surface area contributed by atoms with Crippen molar-refractivity contribution in [2.45, 2.75) is 50.6 Å². The largest absolute Gasteiger partial charge is 0.339 e. The summed E-state index contributed by atoms with van der Waals surface area (Å²) in [5, 5.41) is 2.47. The summed E-state index contributed by atoms with van der Waals surface area (Å²) in [6, 6.07) is 1.93. The lowest BCUT2D eigenvalue weighted by Crippen LogP contribution is -2.62. The molecule has 5 rings (SSSR count). The van der Waals surface area contributed by atoms with E-state index in [0.717, 1.165) is 57.5 Å². The number of anilines is 1. The Kier molecular flexibility index (Phi) is 5.77. The van der Waals surface area contributed by atoms with Crippen LogP contribution in [0.5, 0.6) is 0 Å². The van der Waals surface area contributed by atoms with Crippen LogP contribution in [0.2, 0.25) is 0 Å². The van der Waals surface area contributed by atoms with Gasteiger partial charge in [0.05, 0.1) is 0 Å². The molecule has 0 aromatic heterocycles. The van der Waals surface area contributed by atoms with Crippen LogP contribution in [-0.4, -0.2) is 71.4 Å². The van der Waals surface area contributed by atoms with Crippen LogP contribution in [0.4, 0.5) is 23.7 Å². The average Bonchev–Trinajstić information content (AvgIpc) is 2.78. The second-order valence-electron chi connectivity index (χ2n) is 9.72. The van der Waals surface area contributed by atoms with Crippen molar-refractivity contribution in [3.05, 3.63) is 29.6 Å². The second-order valence-corrected chi connectivity index (χ2v) is 9.72. The van der Waals surface area contributed by atoms with E-state index in [2.05, 4.69) is 15.1 Å². The van der Waals surface area contributed by atoms with Gasteiger partial charge in [0.1, 0.15) is 0 Å². The maximum absolute atomic E-state index is 13.4. The molecule has 0 unspecified atom stereocenters. The minimum atomic E-state index is -1.55. The molecule has 0 spiro atoms. The first-order chi connectivity index (χ1) is 15.4. The first-order valence-electron chi connectivity index (χ1n) is 11.6. The number of amides is 3. The van der Waals surface area contributed by atoms with Gasteiger partial charge in [0.2, 0.25) is 5.91 Å². The lowest BCUT2D eigenvalue weighted by Gasteiger charge is -2.54. The van der Waals surface area contributed by atoms with Crippen LogP contribution >= 0.6 is 0 Å². The maximum atomic E-state index is 13.4. The number of nitrogens with zero attached hydrogens (tertiary/aromatic N) is 3. The van der Waals surface area contributed by atoms with Crippen molar-refractivity contribution < 1.29 is 22.8 Å². The van der Waals surface area contributed by atoms with Gasteiger partial charge in [-0.15, -0.1) is 0 Å². The highest BCUT2D eigenvalue weighted by molar-refractivity contribution is 5.89. The Morgan fingerprint density at radius 3 is 2.44 bits per heavy atom. The summed E-state index contributed by atoms with van der Waals surface area (Å²) in [6.07, 6.45) is 5.68. The summed E-state index contributed by atoms with van der Waals surface area (Å²) in [7, 11) is 0. The Hall–Kier alpha value is -2.29. The van der Waals surface area contributed by atoms with E-state index in [1.54, 1.807) is 4.90 Å². The fourth-order valence-electron chi connectivity index (χ4n) is 6.21. The van der Waals surface area contributed by atoms with Crippen molar-refractivity contribution in [1.82, 2.24) is 14.7 Å². The Bertz CT molecular complexity index is 882. The highest BCUT2D eigenvalue weighted by atomic mass is 19.2. The van der Waals surface area contributed by atoms with Gasteiger partial charge in [-0.05, 0) is 43.9 Å². The normalized spacial score (nSPS) is 29.1. The molecule has 2 bridgehead atoms. The van der Waals surface area contributed by atoms with Gasteiger partial charge in [-0.2, -0.15) is 0 Å². The fraction of sp³-hybridized carbons (Fsp3) is 0.652. The van der Waals surface area contributed by atoms with Crippen LogP contribution in [0.15, 0.2) is 12.1 Å². The summed E-state index contributed by atoms with van der Waals surface area (Å²) in [4.78, 5) is 31.2. The van der Waals surface area contributed by atoms with Gasteiger partial charge in [-0.1, -0.05) is 0 Å². The minimum absolute atomic E-state index is 0.0936. The Morgan fingerprint density at radius 1 is 1.00 bits per heavy atom. The standard InChI is InChI=1S/C23H29F3N4O2/c24-18-9-16(10-19(25)22(18)26)27-23(32)28-6-4-17(5-7-28)29-11-14-8-15(13-29)20-2-1-3-21(31)30(20)12-14/h9-10,14-15,17,20H,1-8,11-13H2,(H,27,32)/t14-,15-,20-/m1/s1. The van der Waals surface area contributed by atoms with Crippen molar-refractivity contribution in [2.24, 2.45) is 11.8 Å². The van der Waals surface area contributed by atoms with Gasteiger partial charge in [0.15, 0.2) is 17.5 Å². The molecule has 4 heterocycles. The molecule has 4 saturated heterocycles. The summed E-state index contributed by atoms with van der Waals surface area (Å²) in [5.74, 6) is -2.81. The van der Waals surface area contributed by atoms with Crippen LogP contribution in [0.25, 0.3) is 0 Å². The van der Waals surface area contributed by atoms with Gasteiger partial charge in [0.25, 0.3) is 0 Å². The molecule has 9 heteroatoms. The fourth-order valence-corrected chi connectivity index (χ4v) is 6.21. The van der Waals surface area contributed by atoms with Crippen LogP contribution in [0.3, 0.4) is 0 Å². The molecule has 3 amide bonds. The highest BCUT2D eigenvalue weighted by Crippen LogP contribution is 2.39. The molecule has 1 aromatic carbocycles. The smallest absolute Gasteiger partial charge is 0.321 e. The molecule has 4 aliphatic rings. The van der Waals surface area contributed by atoms with E-state index in [1.165, 1.54) is 6.42 Å². The van der Waals surface area contributed by atoms with Crippen LogP contribution in [0.1, 0.15) is 38.5 Å². The molecule has 4 aliphatic heterocycles. The van der Waals surface area contributed by atoms with Gasteiger partial charge >= 0.3 is 6.03 Å². The molecule has 1 aromatic rings. The van der Waals surface area contributed by atoms with Gasteiger partial charge < -0.3 is 15.1 Å². The van der Waals surface area contributed by atoms with E-state index in [0.29, 0.717) is 49.3 Å². The molecule has 1 N–H and O–H groups in total. The molecule has 6 nitrogen and oxygen atoms in total. The number of halogens is 3. The van der Waals surface area contributed by atoms with Crippen molar-refractivity contribution in [3.8, 4) is 0 Å². The third kappa shape index (κ3) is 4.07. The molecule has 3 atom stereocenters. The number of carbonyl (C=O) groups excluding carboxylic acids is 2. The predicted octanol–water partition coefficient (Wildman–Crippen LogP) is 3.43.